The van der Waals surface area contributed by atoms with Crippen molar-refractivity contribution in [2.45, 2.75) is 76.9 Å². The van der Waals surface area contributed by atoms with Gasteiger partial charge >= 0.3 is 0 Å². The third-order valence-corrected chi connectivity index (χ3v) is 6.72. The Hall–Kier alpha value is -0.120. The Morgan fingerprint density at radius 3 is 2.35 bits per heavy atom. The Morgan fingerprint density at radius 1 is 1.15 bits per heavy atom. The summed E-state index contributed by atoms with van der Waals surface area (Å²) in [6.45, 7) is 11.8. The normalized spacial score (nSPS) is 38.7. The van der Waals surface area contributed by atoms with E-state index in [-0.39, 0.29) is 5.54 Å². The van der Waals surface area contributed by atoms with Crippen molar-refractivity contribution in [1.29, 1.82) is 0 Å². The minimum Gasteiger partial charge on any atom is -0.329 e. The van der Waals surface area contributed by atoms with Gasteiger partial charge in [0, 0.05) is 37.3 Å². The molecule has 2 atom stereocenters. The second-order valence-electron chi connectivity index (χ2n) is 7.76. The lowest BCUT2D eigenvalue weighted by atomic mass is 9.81. The molecule has 1 saturated carbocycles. The molecule has 0 amide bonds. The fourth-order valence-corrected chi connectivity index (χ4v) is 4.80. The van der Waals surface area contributed by atoms with Crippen LogP contribution in [0.25, 0.3) is 0 Å². The zero-order valence-electron chi connectivity index (χ0n) is 13.7. The zero-order valence-corrected chi connectivity index (χ0v) is 13.7. The SMILES string of the molecule is CCC1(CC)CCN(C2(CN)CC(C)N(C3CC3)C2)C1. The van der Waals surface area contributed by atoms with Crippen LogP contribution in [0.3, 0.4) is 0 Å². The molecule has 3 heteroatoms. The third-order valence-electron chi connectivity index (χ3n) is 6.72. The first-order chi connectivity index (χ1) is 9.58. The van der Waals surface area contributed by atoms with E-state index in [0.717, 1.165) is 18.6 Å². The summed E-state index contributed by atoms with van der Waals surface area (Å²) in [6.07, 6.45) is 8.13. The van der Waals surface area contributed by atoms with Gasteiger partial charge in [-0.3, -0.25) is 9.80 Å². The van der Waals surface area contributed by atoms with Gasteiger partial charge < -0.3 is 5.73 Å². The second-order valence-corrected chi connectivity index (χ2v) is 7.76. The second kappa shape index (κ2) is 5.26. The van der Waals surface area contributed by atoms with E-state index < -0.39 is 0 Å². The first-order valence-corrected chi connectivity index (χ1v) is 8.79. The highest BCUT2D eigenvalue weighted by Crippen LogP contribution is 2.45. The molecule has 0 aromatic carbocycles. The minimum absolute atomic E-state index is 0.272. The monoisotopic (exact) mass is 279 g/mol. The summed E-state index contributed by atoms with van der Waals surface area (Å²) in [7, 11) is 0. The summed E-state index contributed by atoms with van der Waals surface area (Å²) in [5, 5.41) is 0. The van der Waals surface area contributed by atoms with Gasteiger partial charge in [-0.15, -0.1) is 0 Å². The molecule has 0 spiro atoms. The summed E-state index contributed by atoms with van der Waals surface area (Å²) in [5.74, 6) is 0. The summed E-state index contributed by atoms with van der Waals surface area (Å²) < 4.78 is 0. The van der Waals surface area contributed by atoms with Crippen molar-refractivity contribution in [3.63, 3.8) is 0 Å². The highest BCUT2D eigenvalue weighted by atomic mass is 15.3. The van der Waals surface area contributed by atoms with E-state index in [1.165, 1.54) is 58.2 Å². The first-order valence-electron chi connectivity index (χ1n) is 8.79. The first kappa shape index (κ1) is 14.8. The van der Waals surface area contributed by atoms with Crippen LogP contribution in [0.2, 0.25) is 0 Å². The average molecular weight is 279 g/mol. The molecule has 2 saturated heterocycles. The van der Waals surface area contributed by atoms with Crippen LogP contribution in [0.1, 0.15) is 59.3 Å². The molecule has 2 N–H and O–H groups in total. The molecule has 0 bridgehead atoms. The Balaban J connectivity index is 1.74. The summed E-state index contributed by atoms with van der Waals surface area (Å²) in [5.41, 5.74) is 7.14. The highest BCUT2D eigenvalue weighted by Gasteiger charge is 2.52. The largest absolute Gasteiger partial charge is 0.329 e. The molecule has 3 rings (SSSR count). The Bertz CT molecular complexity index is 348. The van der Waals surface area contributed by atoms with Gasteiger partial charge in [-0.2, -0.15) is 0 Å². The molecule has 3 fully saturated rings. The number of hydrogen-bond donors (Lipinski definition) is 1. The third kappa shape index (κ3) is 2.32. The van der Waals surface area contributed by atoms with Crippen molar-refractivity contribution >= 4 is 0 Å². The molecule has 0 aromatic rings. The Morgan fingerprint density at radius 2 is 1.85 bits per heavy atom. The van der Waals surface area contributed by atoms with Gasteiger partial charge in [-0.05, 0) is 57.4 Å². The van der Waals surface area contributed by atoms with Gasteiger partial charge in [-0.1, -0.05) is 13.8 Å². The van der Waals surface area contributed by atoms with Crippen LogP contribution in [0.4, 0.5) is 0 Å². The number of likely N-dealkylation sites (tertiary alicyclic amines) is 2. The number of rotatable bonds is 5. The molecular weight excluding hydrogens is 246 g/mol. The standard InChI is InChI=1S/C17H33N3/c1-4-16(5-2)8-9-19(12-16)17(11-18)10-14(3)20(13-17)15-6-7-15/h14-15H,4-13,18H2,1-3H3. The average Bonchev–Trinajstić information content (AvgIpc) is 3.11. The van der Waals surface area contributed by atoms with Crippen molar-refractivity contribution in [3.05, 3.63) is 0 Å². The van der Waals surface area contributed by atoms with Gasteiger partial charge in [0.1, 0.15) is 0 Å². The predicted molar refractivity (Wildman–Crippen MR) is 84.8 cm³/mol. The maximum Gasteiger partial charge on any atom is 0.0473 e. The van der Waals surface area contributed by atoms with Crippen molar-refractivity contribution in [3.8, 4) is 0 Å². The van der Waals surface area contributed by atoms with Gasteiger partial charge in [-0.25, -0.2) is 0 Å². The van der Waals surface area contributed by atoms with Crippen LogP contribution in [0.5, 0.6) is 0 Å². The molecule has 0 aromatic heterocycles. The predicted octanol–water partition coefficient (Wildman–Crippen LogP) is 2.45. The van der Waals surface area contributed by atoms with Gasteiger partial charge in [0.2, 0.25) is 0 Å². The van der Waals surface area contributed by atoms with Gasteiger partial charge in [0.15, 0.2) is 0 Å². The molecule has 116 valence electrons. The van der Waals surface area contributed by atoms with E-state index in [1.54, 1.807) is 0 Å². The van der Waals surface area contributed by atoms with Crippen molar-refractivity contribution in [2.75, 3.05) is 26.2 Å². The van der Waals surface area contributed by atoms with Crippen LogP contribution >= 0.6 is 0 Å². The quantitative estimate of drug-likeness (QED) is 0.839. The molecule has 2 aliphatic heterocycles. The summed E-state index contributed by atoms with van der Waals surface area (Å²) in [6, 6.07) is 1.60. The molecular formula is C17H33N3. The van der Waals surface area contributed by atoms with E-state index in [2.05, 4.69) is 30.6 Å². The lowest BCUT2D eigenvalue weighted by Gasteiger charge is -2.39. The molecule has 2 heterocycles. The minimum atomic E-state index is 0.272. The molecule has 0 radical (unpaired) electrons. The molecule has 2 unspecified atom stereocenters. The van der Waals surface area contributed by atoms with Crippen LogP contribution in [0, 0.1) is 5.41 Å². The van der Waals surface area contributed by atoms with Crippen molar-refractivity contribution < 1.29 is 0 Å². The van der Waals surface area contributed by atoms with Crippen LogP contribution in [-0.4, -0.2) is 53.6 Å². The van der Waals surface area contributed by atoms with Crippen molar-refractivity contribution in [1.82, 2.24) is 9.80 Å². The lowest BCUT2D eigenvalue weighted by molar-refractivity contribution is 0.106. The summed E-state index contributed by atoms with van der Waals surface area (Å²) >= 11 is 0. The molecule has 3 nitrogen and oxygen atoms in total. The number of nitrogens with two attached hydrogens (primary N) is 1. The van der Waals surface area contributed by atoms with E-state index in [4.69, 9.17) is 5.73 Å². The van der Waals surface area contributed by atoms with Crippen LogP contribution in [0.15, 0.2) is 0 Å². The van der Waals surface area contributed by atoms with Gasteiger partial charge in [0.25, 0.3) is 0 Å². The molecule has 20 heavy (non-hydrogen) atoms. The van der Waals surface area contributed by atoms with Crippen LogP contribution in [-0.2, 0) is 0 Å². The van der Waals surface area contributed by atoms with Crippen LogP contribution < -0.4 is 5.73 Å². The fraction of sp³-hybridized carbons (Fsp3) is 1.00. The van der Waals surface area contributed by atoms with E-state index in [1.807, 2.05) is 0 Å². The van der Waals surface area contributed by atoms with E-state index >= 15 is 0 Å². The molecule has 3 aliphatic rings. The fourth-order valence-electron chi connectivity index (χ4n) is 4.80. The number of hydrogen-bond acceptors (Lipinski definition) is 3. The zero-order chi connectivity index (χ0) is 14.4. The molecule has 1 aliphatic carbocycles. The topological polar surface area (TPSA) is 32.5 Å². The highest BCUT2D eigenvalue weighted by molar-refractivity contribution is 5.09. The maximum absolute atomic E-state index is 6.30. The Kier molecular flexibility index (Phi) is 3.89. The summed E-state index contributed by atoms with van der Waals surface area (Å²) in [4.78, 5) is 5.53. The lowest BCUT2D eigenvalue weighted by Crippen LogP contribution is -2.55. The number of nitrogens with zero attached hydrogens (tertiary/aromatic N) is 2. The van der Waals surface area contributed by atoms with Crippen molar-refractivity contribution in [2.24, 2.45) is 11.1 Å². The van der Waals surface area contributed by atoms with E-state index in [0.29, 0.717) is 5.41 Å². The van der Waals surface area contributed by atoms with E-state index in [9.17, 15) is 0 Å². The maximum atomic E-state index is 6.30. The Labute approximate surface area is 124 Å². The van der Waals surface area contributed by atoms with Gasteiger partial charge in [0.05, 0.1) is 0 Å². The smallest absolute Gasteiger partial charge is 0.0473 e.